The van der Waals surface area contributed by atoms with Gasteiger partial charge >= 0.3 is 0 Å². The van der Waals surface area contributed by atoms with Crippen molar-refractivity contribution in [1.29, 1.82) is 0 Å². The second-order valence-electron chi connectivity index (χ2n) is 7.83. The quantitative estimate of drug-likeness (QED) is 0.664. The summed E-state index contributed by atoms with van der Waals surface area (Å²) in [5.74, 6) is 1.64. The summed E-state index contributed by atoms with van der Waals surface area (Å²) < 4.78 is 0. The van der Waals surface area contributed by atoms with Gasteiger partial charge in [0.05, 0.1) is 6.10 Å². The van der Waals surface area contributed by atoms with Crippen molar-refractivity contribution in [3.05, 3.63) is 0 Å². The van der Waals surface area contributed by atoms with E-state index in [-0.39, 0.29) is 16.9 Å². The summed E-state index contributed by atoms with van der Waals surface area (Å²) in [6.45, 7) is 9.41. The Morgan fingerprint density at radius 1 is 1.06 bits per heavy atom. The van der Waals surface area contributed by atoms with E-state index < -0.39 is 0 Å². The Kier molecular flexibility index (Phi) is 1.98. The molecule has 1 N–H and O–H groups in total. The van der Waals surface area contributed by atoms with Gasteiger partial charge in [0.2, 0.25) is 0 Å². The van der Waals surface area contributed by atoms with Gasteiger partial charge < -0.3 is 5.11 Å². The number of aliphatic hydroxyl groups is 1. The van der Waals surface area contributed by atoms with E-state index in [1.807, 2.05) is 0 Å². The highest BCUT2D eigenvalue weighted by Crippen LogP contribution is 2.75. The lowest BCUT2D eigenvalue weighted by Gasteiger charge is -2.42. The maximum atomic E-state index is 10.9. The van der Waals surface area contributed by atoms with Gasteiger partial charge in [0.15, 0.2) is 0 Å². The molecule has 0 aromatic rings. The predicted molar refractivity (Wildman–Crippen MR) is 66.1 cm³/mol. The van der Waals surface area contributed by atoms with Crippen molar-refractivity contribution >= 4 is 0 Å². The lowest BCUT2D eigenvalue weighted by molar-refractivity contribution is -0.0497. The van der Waals surface area contributed by atoms with E-state index >= 15 is 0 Å². The minimum Gasteiger partial charge on any atom is -0.392 e. The third-order valence-electron chi connectivity index (χ3n) is 6.57. The molecule has 1 spiro atoms. The third-order valence-corrected chi connectivity index (χ3v) is 6.57. The smallest absolute Gasteiger partial charge is 0.0655 e. The molecule has 1 nitrogen and oxygen atoms in total. The van der Waals surface area contributed by atoms with Crippen molar-refractivity contribution in [2.24, 2.45) is 28.1 Å². The van der Waals surface area contributed by atoms with E-state index in [9.17, 15) is 5.11 Å². The summed E-state index contributed by atoms with van der Waals surface area (Å²) in [5, 5.41) is 10.9. The molecule has 0 aliphatic heterocycles. The molecule has 3 saturated carbocycles. The molecule has 0 heterocycles. The fourth-order valence-corrected chi connectivity index (χ4v) is 6.08. The van der Waals surface area contributed by atoms with Gasteiger partial charge in [0.25, 0.3) is 0 Å². The Morgan fingerprint density at radius 2 is 1.75 bits per heavy atom. The first-order valence-electron chi connectivity index (χ1n) is 7.02. The summed E-state index contributed by atoms with van der Waals surface area (Å²) >= 11 is 0. The van der Waals surface area contributed by atoms with Crippen molar-refractivity contribution < 1.29 is 5.11 Å². The maximum Gasteiger partial charge on any atom is 0.0655 e. The van der Waals surface area contributed by atoms with Crippen molar-refractivity contribution in [3.63, 3.8) is 0 Å². The lowest BCUT2D eigenvalue weighted by atomic mass is 9.64. The zero-order valence-corrected chi connectivity index (χ0v) is 11.2. The molecule has 0 aromatic heterocycles. The van der Waals surface area contributed by atoms with Gasteiger partial charge in [0, 0.05) is 5.41 Å². The topological polar surface area (TPSA) is 20.2 Å². The fourth-order valence-electron chi connectivity index (χ4n) is 6.08. The Hall–Kier alpha value is -0.0400. The van der Waals surface area contributed by atoms with E-state index in [1.54, 1.807) is 0 Å². The van der Waals surface area contributed by atoms with Gasteiger partial charge in [0.1, 0.15) is 0 Å². The average molecular weight is 222 g/mol. The largest absolute Gasteiger partial charge is 0.392 e. The van der Waals surface area contributed by atoms with E-state index in [0.717, 1.165) is 11.8 Å². The standard InChI is InChI=1S/C15H26O/c1-10-5-8-15-11(10)6-7-14(15,4)9-13(2,3)12(15)16/h10-12,16H,5-9H2,1-4H3/t10-,11?,12+,14+,15-/m0/s1. The fraction of sp³-hybridized carbons (Fsp3) is 1.00. The van der Waals surface area contributed by atoms with Crippen molar-refractivity contribution in [2.75, 3.05) is 0 Å². The van der Waals surface area contributed by atoms with E-state index in [4.69, 9.17) is 0 Å². The molecule has 3 rings (SSSR count). The normalized spacial score (nSPS) is 58.7. The first kappa shape index (κ1) is 11.1. The first-order chi connectivity index (χ1) is 7.33. The molecule has 3 aliphatic carbocycles. The molecular weight excluding hydrogens is 196 g/mol. The van der Waals surface area contributed by atoms with Crippen LogP contribution in [-0.2, 0) is 0 Å². The number of aliphatic hydroxyl groups excluding tert-OH is 1. The summed E-state index contributed by atoms with van der Waals surface area (Å²) in [6, 6.07) is 0. The summed E-state index contributed by atoms with van der Waals surface area (Å²) in [6.07, 6.45) is 6.49. The van der Waals surface area contributed by atoms with E-state index in [0.29, 0.717) is 5.41 Å². The van der Waals surface area contributed by atoms with Crippen LogP contribution in [-0.4, -0.2) is 11.2 Å². The van der Waals surface area contributed by atoms with Crippen LogP contribution in [0.4, 0.5) is 0 Å². The number of hydrogen-bond acceptors (Lipinski definition) is 1. The van der Waals surface area contributed by atoms with E-state index in [2.05, 4.69) is 27.7 Å². The van der Waals surface area contributed by atoms with Crippen molar-refractivity contribution in [1.82, 2.24) is 0 Å². The van der Waals surface area contributed by atoms with Gasteiger partial charge in [-0.3, -0.25) is 0 Å². The van der Waals surface area contributed by atoms with Gasteiger partial charge in [-0.1, -0.05) is 27.7 Å². The van der Waals surface area contributed by atoms with Crippen LogP contribution >= 0.6 is 0 Å². The molecule has 0 aromatic carbocycles. The molecule has 0 amide bonds. The van der Waals surface area contributed by atoms with Gasteiger partial charge in [-0.05, 0) is 54.8 Å². The van der Waals surface area contributed by atoms with Crippen LogP contribution in [0, 0.1) is 28.1 Å². The van der Waals surface area contributed by atoms with Gasteiger partial charge in [-0.2, -0.15) is 0 Å². The van der Waals surface area contributed by atoms with Gasteiger partial charge in [-0.15, -0.1) is 0 Å². The van der Waals surface area contributed by atoms with Gasteiger partial charge in [-0.25, -0.2) is 0 Å². The molecule has 0 radical (unpaired) electrons. The summed E-state index contributed by atoms with van der Waals surface area (Å²) in [5.41, 5.74) is 0.832. The van der Waals surface area contributed by atoms with Crippen LogP contribution in [0.5, 0.6) is 0 Å². The van der Waals surface area contributed by atoms with Crippen LogP contribution in [0.15, 0.2) is 0 Å². The molecule has 1 unspecified atom stereocenters. The third kappa shape index (κ3) is 0.978. The summed E-state index contributed by atoms with van der Waals surface area (Å²) in [7, 11) is 0. The zero-order valence-electron chi connectivity index (χ0n) is 11.2. The molecule has 3 aliphatic rings. The number of rotatable bonds is 0. The second kappa shape index (κ2) is 2.85. The highest BCUT2D eigenvalue weighted by molar-refractivity contribution is 5.20. The highest BCUT2D eigenvalue weighted by atomic mass is 16.3. The molecule has 92 valence electrons. The second-order valence-corrected chi connectivity index (χ2v) is 7.83. The molecule has 0 saturated heterocycles. The molecule has 5 atom stereocenters. The number of hydrogen-bond donors (Lipinski definition) is 1. The summed E-state index contributed by atoms with van der Waals surface area (Å²) in [4.78, 5) is 0. The molecular formula is C15H26O. The van der Waals surface area contributed by atoms with E-state index in [1.165, 1.54) is 32.1 Å². The Balaban J connectivity index is 2.10. The van der Waals surface area contributed by atoms with Crippen LogP contribution < -0.4 is 0 Å². The molecule has 1 heteroatoms. The van der Waals surface area contributed by atoms with Crippen LogP contribution in [0.2, 0.25) is 0 Å². The SMILES string of the molecule is C[C@H]1CC[C@@]23C1CC[C@]2(C)CC(C)(C)[C@H]3O. The highest BCUT2D eigenvalue weighted by Gasteiger charge is 2.71. The van der Waals surface area contributed by atoms with Crippen LogP contribution in [0.1, 0.15) is 59.8 Å². The minimum atomic E-state index is -0.0672. The first-order valence-corrected chi connectivity index (χ1v) is 7.02. The molecule has 16 heavy (non-hydrogen) atoms. The molecule has 3 fully saturated rings. The van der Waals surface area contributed by atoms with Crippen LogP contribution in [0.25, 0.3) is 0 Å². The molecule has 0 bridgehead atoms. The Labute approximate surface area is 99.6 Å². The Bertz CT molecular complexity index is 321. The van der Waals surface area contributed by atoms with Crippen molar-refractivity contribution in [2.45, 2.75) is 65.9 Å². The lowest BCUT2D eigenvalue weighted by Crippen LogP contribution is -2.43. The Morgan fingerprint density at radius 3 is 2.44 bits per heavy atom. The minimum absolute atomic E-state index is 0.0672. The monoisotopic (exact) mass is 222 g/mol. The average Bonchev–Trinajstić information content (AvgIpc) is 2.68. The zero-order chi connectivity index (χ0) is 11.8. The maximum absolute atomic E-state index is 10.9. The van der Waals surface area contributed by atoms with Crippen molar-refractivity contribution in [3.8, 4) is 0 Å². The predicted octanol–water partition coefficient (Wildman–Crippen LogP) is 3.61. The van der Waals surface area contributed by atoms with Crippen LogP contribution in [0.3, 0.4) is 0 Å².